The number of carbonyl (C=O) groups excluding carboxylic acids is 1. The predicted octanol–water partition coefficient (Wildman–Crippen LogP) is 2.91. The van der Waals surface area contributed by atoms with E-state index in [9.17, 15) is 4.79 Å². The van der Waals surface area contributed by atoms with Crippen molar-refractivity contribution in [1.82, 2.24) is 4.98 Å². The number of nitrogens with one attached hydrogen (secondary N) is 2. The van der Waals surface area contributed by atoms with Gasteiger partial charge in [0.05, 0.1) is 0 Å². The monoisotopic (exact) mass is 253 g/mol. The van der Waals surface area contributed by atoms with Crippen molar-refractivity contribution in [3.8, 4) is 0 Å². The number of para-hydroxylation sites is 1. The van der Waals surface area contributed by atoms with Crippen LogP contribution in [-0.2, 0) is 0 Å². The molecule has 1 aliphatic carbocycles. The Balaban J connectivity index is 1.72. The number of aromatic nitrogens is 1. The van der Waals surface area contributed by atoms with E-state index in [-0.39, 0.29) is 5.91 Å². The van der Waals surface area contributed by atoms with E-state index in [0.29, 0.717) is 11.7 Å². The summed E-state index contributed by atoms with van der Waals surface area (Å²) < 4.78 is 0. The van der Waals surface area contributed by atoms with Crippen LogP contribution < -0.4 is 10.6 Å². The van der Waals surface area contributed by atoms with Crippen molar-refractivity contribution in [1.29, 1.82) is 0 Å². The van der Waals surface area contributed by atoms with E-state index in [4.69, 9.17) is 0 Å². The highest BCUT2D eigenvalue weighted by atomic mass is 16.1. The molecule has 3 rings (SSSR count). The van der Waals surface area contributed by atoms with Crippen molar-refractivity contribution in [2.75, 3.05) is 10.6 Å². The van der Waals surface area contributed by atoms with Gasteiger partial charge in [0.2, 0.25) is 0 Å². The number of amides is 1. The summed E-state index contributed by atoms with van der Waals surface area (Å²) in [6, 6.07) is 13.6. The summed E-state index contributed by atoms with van der Waals surface area (Å²) in [5.41, 5.74) is 2.15. The zero-order valence-corrected chi connectivity index (χ0v) is 10.5. The number of hydrogen-bond donors (Lipinski definition) is 2. The average Bonchev–Trinajstić information content (AvgIpc) is 3.24. The molecule has 0 radical (unpaired) electrons. The number of carbonyl (C=O) groups is 1. The molecule has 4 nitrogen and oxygen atoms in total. The Morgan fingerprint density at radius 3 is 2.63 bits per heavy atom. The fourth-order valence-corrected chi connectivity index (χ4v) is 1.82. The fourth-order valence-electron chi connectivity index (χ4n) is 1.82. The van der Waals surface area contributed by atoms with Crippen LogP contribution in [0.5, 0.6) is 0 Å². The largest absolute Gasteiger partial charge is 0.382 e. The van der Waals surface area contributed by atoms with Crippen LogP contribution in [0.1, 0.15) is 23.3 Å². The topological polar surface area (TPSA) is 54.0 Å². The first-order chi connectivity index (χ1) is 9.31. The summed E-state index contributed by atoms with van der Waals surface area (Å²) in [5.74, 6) is -0.189. The number of rotatable bonds is 4. The molecule has 19 heavy (non-hydrogen) atoms. The molecule has 0 spiro atoms. The lowest BCUT2D eigenvalue weighted by Crippen LogP contribution is -2.14. The van der Waals surface area contributed by atoms with Gasteiger partial charge >= 0.3 is 0 Å². The van der Waals surface area contributed by atoms with Gasteiger partial charge in [0, 0.05) is 23.6 Å². The zero-order chi connectivity index (χ0) is 13.1. The maximum Gasteiger partial charge on any atom is 0.274 e. The smallest absolute Gasteiger partial charge is 0.274 e. The lowest BCUT2D eigenvalue weighted by atomic mass is 10.2. The zero-order valence-electron chi connectivity index (χ0n) is 10.5. The van der Waals surface area contributed by atoms with Gasteiger partial charge < -0.3 is 10.6 Å². The Labute approximate surface area is 111 Å². The fraction of sp³-hybridized carbons (Fsp3) is 0.200. The van der Waals surface area contributed by atoms with Gasteiger partial charge in [-0.3, -0.25) is 9.78 Å². The Bertz CT molecular complexity index is 579. The van der Waals surface area contributed by atoms with Crippen LogP contribution in [0, 0.1) is 0 Å². The lowest BCUT2D eigenvalue weighted by Gasteiger charge is -2.07. The molecular weight excluding hydrogens is 238 g/mol. The van der Waals surface area contributed by atoms with Crippen LogP contribution in [0.3, 0.4) is 0 Å². The van der Waals surface area contributed by atoms with Crippen molar-refractivity contribution in [3.05, 3.63) is 54.4 Å². The van der Waals surface area contributed by atoms with Crippen LogP contribution in [0.15, 0.2) is 48.7 Å². The van der Waals surface area contributed by atoms with Gasteiger partial charge in [0.1, 0.15) is 5.69 Å². The molecule has 0 bridgehead atoms. The first-order valence-electron chi connectivity index (χ1n) is 6.40. The third-order valence-corrected chi connectivity index (χ3v) is 2.97. The van der Waals surface area contributed by atoms with Gasteiger partial charge in [-0.25, -0.2) is 0 Å². The number of nitrogens with zero attached hydrogens (tertiary/aromatic N) is 1. The first-order valence-corrected chi connectivity index (χ1v) is 6.40. The van der Waals surface area contributed by atoms with Crippen molar-refractivity contribution in [2.24, 2.45) is 0 Å². The molecule has 1 fully saturated rings. The molecule has 1 heterocycles. The summed E-state index contributed by atoms with van der Waals surface area (Å²) in [7, 11) is 0. The third kappa shape index (κ3) is 3.10. The molecule has 1 aliphatic rings. The van der Waals surface area contributed by atoms with Crippen LogP contribution >= 0.6 is 0 Å². The van der Waals surface area contributed by atoms with Gasteiger partial charge in [0.15, 0.2) is 0 Å². The number of pyridine rings is 1. The van der Waals surface area contributed by atoms with E-state index in [0.717, 1.165) is 11.4 Å². The van der Waals surface area contributed by atoms with E-state index in [1.165, 1.54) is 12.8 Å². The second-order valence-electron chi connectivity index (χ2n) is 4.67. The quantitative estimate of drug-likeness (QED) is 0.880. The molecule has 1 saturated carbocycles. The van der Waals surface area contributed by atoms with Gasteiger partial charge in [-0.1, -0.05) is 18.2 Å². The Morgan fingerprint density at radius 1 is 1.11 bits per heavy atom. The highest BCUT2D eigenvalue weighted by Gasteiger charge is 2.21. The van der Waals surface area contributed by atoms with Gasteiger partial charge in [0.25, 0.3) is 5.91 Å². The molecule has 96 valence electrons. The normalized spacial score (nSPS) is 13.9. The number of anilines is 2. The highest BCUT2D eigenvalue weighted by Crippen LogP contribution is 2.24. The molecule has 1 aromatic carbocycles. The lowest BCUT2D eigenvalue weighted by molar-refractivity contribution is 0.102. The summed E-state index contributed by atoms with van der Waals surface area (Å²) in [6.45, 7) is 0. The first kappa shape index (κ1) is 11.7. The molecule has 1 amide bonds. The average molecular weight is 253 g/mol. The number of benzene rings is 1. The van der Waals surface area contributed by atoms with Crippen molar-refractivity contribution >= 4 is 17.3 Å². The van der Waals surface area contributed by atoms with E-state index in [1.54, 1.807) is 12.3 Å². The molecule has 1 aromatic heterocycles. The summed E-state index contributed by atoms with van der Waals surface area (Å²) >= 11 is 0. The molecule has 0 saturated heterocycles. The van der Waals surface area contributed by atoms with Crippen molar-refractivity contribution in [3.63, 3.8) is 0 Å². The standard InChI is InChI=1S/C15H15N3O/c19-15(18-11-4-2-1-3-5-11)14-10-13(8-9-16-14)17-12-6-7-12/h1-5,8-10,12H,6-7H2,(H,16,17)(H,18,19). The van der Waals surface area contributed by atoms with E-state index in [2.05, 4.69) is 15.6 Å². The van der Waals surface area contributed by atoms with Crippen molar-refractivity contribution < 1.29 is 4.79 Å². The minimum Gasteiger partial charge on any atom is -0.382 e. The molecule has 0 unspecified atom stereocenters. The minimum absolute atomic E-state index is 0.189. The maximum absolute atomic E-state index is 12.1. The van der Waals surface area contributed by atoms with Crippen LogP contribution in [0.25, 0.3) is 0 Å². The molecule has 0 aliphatic heterocycles. The summed E-state index contributed by atoms with van der Waals surface area (Å²) in [6.07, 6.45) is 4.06. The Kier molecular flexibility index (Phi) is 3.14. The second-order valence-corrected chi connectivity index (χ2v) is 4.67. The molecule has 0 atom stereocenters. The van der Waals surface area contributed by atoms with Crippen LogP contribution in [-0.4, -0.2) is 16.9 Å². The molecule has 4 heteroatoms. The van der Waals surface area contributed by atoms with E-state index in [1.807, 2.05) is 36.4 Å². The molecule has 2 N–H and O–H groups in total. The predicted molar refractivity (Wildman–Crippen MR) is 75.3 cm³/mol. The van der Waals surface area contributed by atoms with Gasteiger partial charge in [-0.15, -0.1) is 0 Å². The van der Waals surface area contributed by atoms with Crippen LogP contribution in [0.2, 0.25) is 0 Å². The van der Waals surface area contributed by atoms with E-state index >= 15 is 0 Å². The van der Waals surface area contributed by atoms with E-state index < -0.39 is 0 Å². The maximum atomic E-state index is 12.1. The SMILES string of the molecule is O=C(Nc1ccccc1)c1cc(NC2CC2)ccn1. The Morgan fingerprint density at radius 2 is 1.89 bits per heavy atom. The second kappa shape index (κ2) is 5.10. The Hall–Kier alpha value is -2.36. The minimum atomic E-state index is -0.189. The molecule has 2 aromatic rings. The summed E-state index contributed by atoms with van der Waals surface area (Å²) in [4.78, 5) is 16.2. The number of hydrogen-bond acceptors (Lipinski definition) is 3. The van der Waals surface area contributed by atoms with Gasteiger partial charge in [-0.05, 0) is 37.1 Å². The van der Waals surface area contributed by atoms with Crippen LogP contribution in [0.4, 0.5) is 11.4 Å². The van der Waals surface area contributed by atoms with Crippen molar-refractivity contribution in [2.45, 2.75) is 18.9 Å². The highest BCUT2D eigenvalue weighted by molar-refractivity contribution is 6.03. The molecular formula is C15H15N3O. The van der Waals surface area contributed by atoms with Gasteiger partial charge in [-0.2, -0.15) is 0 Å². The summed E-state index contributed by atoms with van der Waals surface area (Å²) in [5, 5.41) is 6.18. The third-order valence-electron chi connectivity index (χ3n) is 2.97.